The number of aromatic amines is 1. The molecule has 0 aliphatic carbocycles. The summed E-state index contributed by atoms with van der Waals surface area (Å²) < 4.78 is 0. The highest BCUT2D eigenvalue weighted by molar-refractivity contribution is 5.84. The Morgan fingerprint density at radius 2 is 2.31 bits per heavy atom. The Labute approximate surface area is 73.4 Å². The number of benzene rings is 1. The highest BCUT2D eigenvalue weighted by atomic mass is 16.3. The highest BCUT2D eigenvalue weighted by Gasteiger charge is 2.06. The lowest BCUT2D eigenvalue weighted by Crippen LogP contribution is -1.84. The van der Waals surface area contributed by atoms with Gasteiger partial charge in [0.1, 0.15) is 11.3 Å². The van der Waals surface area contributed by atoms with Crippen LogP contribution in [-0.4, -0.2) is 15.1 Å². The summed E-state index contributed by atoms with van der Waals surface area (Å²) in [4.78, 5) is 6.58. The third-order valence-electron chi connectivity index (χ3n) is 1.72. The lowest BCUT2D eigenvalue weighted by atomic mass is 10.2. The van der Waals surface area contributed by atoms with Crippen LogP contribution in [-0.2, 0) is 0 Å². The van der Waals surface area contributed by atoms with Gasteiger partial charge in [0.05, 0.1) is 17.1 Å². The van der Waals surface area contributed by atoms with Crippen LogP contribution in [0.15, 0.2) is 12.1 Å². The maximum Gasteiger partial charge on any atom is 0.198 e. The Bertz CT molecular complexity index is 509. The van der Waals surface area contributed by atoms with E-state index in [1.54, 1.807) is 6.07 Å². The smallest absolute Gasteiger partial charge is 0.198 e. The van der Waals surface area contributed by atoms with E-state index in [4.69, 9.17) is 11.0 Å². The van der Waals surface area contributed by atoms with Crippen molar-refractivity contribution in [3.05, 3.63) is 17.7 Å². The van der Waals surface area contributed by atoms with Crippen LogP contribution in [0, 0.1) is 11.3 Å². The Hall–Kier alpha value is -2.22. The number of nitriles is 1. The molecule has 5 heteroatoms. The van der Waals surface area contributed by atoms with Crippen LogP contribution in [0.5, 0.6) is 5.75 Å². The molecular formula is C8H6N4O. The van der Waals surface area contributed by atoms with Crippen molar-refractivity contribution in [1.29, 1.82) is 5.26 Å². The zero-order valence-corrected chi connectivity index (χ0v) is 6.57. The van der Waals surface area contributed by atoms with E-state index in [0.29, 0.717) is 16.6 Å². The number of nitrogen functional groups attached to an aromatic ring is 1. The monoisotopic (exact) mass is 174 g/mol. The minimum Gasteiger partial charge on any atom is -0.506 e. The number of imidazole rings is 1. The third kappa shape index (κ3) is 1.05. The molecule has 2 rings (SSSR count). The van der Waals surface area contributed by atoms with Crippen LogP contribution in [0.3, 0.4) is 0 Å². The van der Waals surface area contributed by atoms with Gasteiger partial charge in [-0.2, -0.15) is 5.26 Å². The number of phenols is 1. The largest absolute Gasteiger partial charge is 0.506 e. The Morgan fingerprint density at radius 3 is 3.00 bits per heavy atom. The number of hydrogen-bond donors (Lipinski definition) is 3. The standard InChI is InChI=1S/C8H6N4O/c9-3-4-1-5-7(6(13)2-4)12-8(10)11-5/h1-2,13H,(H3,10,11,12). The Kier molecular flexibility index (Phi) is 1.36. The summed E-state index contributed by atoms with van der Waals surface area (Å²) in [6.45, 7) is 0. The van der Waals surface area contributed by atoms with Crippen LogP contribution in [0.2, 0.25) is 0 Å². The molecule has 0 saturated carbocycles. The molecule has 0 unspecified atom stereocenters. The summed E-state index contributed by atoms with van der Waals surface area (Å²) in [6, 6.07) is 4.83. The number of nitrogens with zero attached hydrogens (tertiary/aromatic N) is 2. The second kappa shape index (κ2) is 2.38. The second-order valence-corrected chi connectivity index (χ2v) is 2.62. The summed E-state index contributed by atoms with van der Waals surface area (Å²) >= 11 is 0. The quantitative estimate of drug-likeness (QED) is 0.548. The van der Waals surface area contributed by atoms with E-state index in [2.05, 4.69) is 9.97 Å². The molecule has 0 fully saturated rings. The highest BCUT2D eigenvalue weighted by Crippen LogP contribution is 2.24. The Balaban J connectivity index is 2.85. The Morgan fingerprint density at radius 1 is 1.54 bits per heavy atom. The van der Waals surface area contributed by atoms with Gasteiger partial charge in [-0.05, 0) is 12.1 Å². The molecule has 1 aromatic heterocycles. The van der Waals surface area contributed by atoms with E-state index < -0.39 is 0 Å². The van der Waals surface area contributed by atoms with Crippen LogP contribution < -0.4 is 5.73 Å². The molecule has 13 heavy (non-hydrogen) atoms. The number of aromatic hydroxyl groups is 1. The molecule has 5 nitrogen and oxygen atoms in total. The van der Waals surface area contributed by atoms with Crippen LogP contribution in [0.1, 0.15) is 5.56 Å². The van der Waals surface area contributed by atoms with Gasteiger partial charge in [0.25, 0.3) is 0 Å². The van der Waals surface area contributed by atoms with Crippen LogP contribution in [0.4, 0.5) is 5.95 Å². The van der Waals surface area contributed by atoms with Crippen molar-refractivity contribution in [2.24, 2.45) is 0 Å². The summed E-state index contributed by atoms with van der Waals surface area (Å²) in [7, 11) is 0. The van der Waals surface area contributed by atoms with Crippen molar-refractivity contribution in [2.75, 3.05) is 5.73 Å². The van der Waals surface area contributed by atoms with Crippen molar-refractivity contribution < 1.29 is 5.11 Å². The molecule has 0 aliphatic heterocycles. The van der Waals surface area contributed by atoms with Gasteiger partial charge in [0, 0.05) is 0 Å². The van der Waals surface area contributed by atoms with Gasteiger partial charge in [0.2, 0.25) is 0 Å². The summed E-state index contributed by atoms with van der Waals surface area (Å²) in [5, 5.41) is 18.0. The molecule has 0 spiro atoms. The number of H-pyrrole nitrogens is 1. The minimum atomic E-state index is -0.0155. The third-order valence-corrected chi connectivity index (χ3v) is 1.72. The van der Waals surface area contributed by atoms with E-state index in [0.717, 1.165) is 0 Å². The number of rotatable bonds is 0. The number of phenolic OH excluding ortho intramolecular Hbond substituents is 1. The first-order valence-electron chi connectivity index (χ1n) is 3.59. The maximum absolute atomic E-state index is 9.42. The molecule has 2 aromatic rings. The zero-order chi connectivity index (χ0) is 9.42. The van der Waals surface area contributed by atoms with Crippen LogP contribution in [0.25, 0.3) is 11.0 Å². The number of fused-ring (bicyclic) bond motifs is 1. The topological polar surface area (TPSA) is 98.7 Å². The number of nitrogens with two attached hydrogens (primary N) is 1. The second-order valence-electron chi connectivity index (χ2n) is 2.62. The van der Waals surface area contributed by atoms with E-state index in [1.165, 1.54) is 6.07 Å². The molecule has 0 atom stereocenters. The molecule has 1 aromatic carbocycles. The normalized spacial score (nSPS) is 10.1. The van der Waals surface area contributed by atoms with E-state index in [1.807, 2.05) is 6.07 Å². The molecule has 0 bridgehead atoms. The predicted molar refractivity (Wildman–Crippen MR) is 46.9 cm³/mol. The van der Waals surface area contributed by atoms with E-state index >= 15 is 0 Å². The number of anilines is 1. The van der Waals surface area contributed by atoms with Gasteiger partial charge in [-0.1, -0.05) is 0 Å². The molecule has 0 amide bonds. The van der Waals surface area contributed by atoms with Crippen molar-refractivity contribution in [2.45, 2.75) is 0 Å². The number of nitrogens with one attached hydrogen (secondary N) is 1. The fourth-order valence-electron chi connectivity index (χ4n) is 1.18. The van der Waals surface area contributed by atoms with E-state index in [-0.39, 0.29) is 11.7 Å². The fourth-order valence-corrected chi connectivity index (χ4v) is 1.18. The van der Waals surface area contributed by atoms with Gasteiger partial charge in [-0.15, -0.1) is 0 Å². The lowest BCUT2D eigenvalue weighted by molar-refractivity contribution is 0.480. The van der Waals surface area contributed by atoms with Gasteiger partial charge in [-0.3, -0.25) is 0 Å². The average molecular weight is 174 g/mol. The van der Waals surface area contributed by atoms with Gasteiger partial charge < -0.3 is 15.8 Å². The van der Waals surface area contributed by atoms with Crippen molar-refractivity contribution in [1.82, 2.24) is 9.97 Å². The van der Waals surface area contributed by atoms with Gasteiger partial charge in [0.15, 0.2) is 5.95 Å². The first kappa shape index (κ1) is 7.43. The molecular weight excluding hydrogens is 168 g/mol. The molecule has 0 aliphatic rings. The van der Waals surface area contributed by atoms with E-state index in [9.17, 15) is 5.11 Å². The molecule has 1 heterocycles. The van der Waals surface area contributed by atoms with Crippen molar-refractivity contribution >= 4 is 17.0 Å². The first-order valence-corrected chi connectivity index (χ1v) is 3.59. The first-order chi connectivity index (χ1) is 6.20. The van der Waals surface area contributed by atoms with Crippen molar-refractivity contribution in [3.63, 3.8) is 0 Å². The summed E-state index contributed by atoms with van der Waals surface area (Å²) in [6.07, 6.45) is 0. The molecule has 4 N–H and O–H groups in total. The molecule has 0 radical (unpaired) electrons. The van der Waals surface area contributed by atoms with Crippen LogP contribution >= 0.6 is 0 Å². The lowest BCUT2D eigenvalue weighted by Gasteiger charge is -1.93. The maximum atomic E-state index is 9.42. The minimum absolute atomic E-state index is 0.0155. The number of aromatic nitrogens is 2. The summed E-state index contributed by atoms with van der Waals surface area (Å²) in [5.74, 6) is 0.207. The van der Waals surface area contributed by atoms with Gasteiger partial charge in [-0.25, -0.2) is 4.98 Å². The summed E-state index contributed by atoms with van der Waals surface area (Å²) in [5.41, 5.74) is 6.70. The zero-order valence-electron chi connectivity index (χ0n) is 6.57. The predicted octanol–water partition coefficient (Wildman–Crippen LogP) is 0.722. The SMILES string of the molecule is N#Cc1cc(O)c2[nH]c(N)nc2c1. The number of hydrogen-bond acceptors (Lipinski definition) is 4. The van der Waals surface area contributed by atoms with Gasteiger partial charge >= 0.3 is 0 Å². The van der Waals surface area contributed by atoms with Crippen molar-refractivity contribution in [3.8, 4) is 11.8 Å². The molecule has 64 valence electrons. The molecule has 0 saturated heterocycles. The fraction of sp³-hybridized carbons (Fsp3) is 0. The average Bonchev–Trinajstić information content (AvgIpc) is 2.46.